The average molecular weight is 400 g/mol. The van der Waals surface area contributed by atoms with Gasteiger partial charge in [-0.1, -0.05) is 70.5 Å². The van der Waals surface area contributed by atoms with Crippen molar-refractivity contribution in [1.29, 1.82) is 0 Å². The minimum Gasteiger partial charge on any atom is -0.252 e. The molecule has 0 atom stereocenters. The smallest absolute Gasteiger partial charge is 0.0705 e. The number of pyridine rings is 2. The van der Waals surface area contributed by atoms with Crippen LogP contribution in [0.5, 0.6) is 0 Å². The van der Waals surface area contributed by atoms with Crippen molar-refractivity contribution in [2.24, 2.45) is 0 Å². The van der Waals surface area contributed by atoms with Crippen molar-refractivity contribution in [3.8, 4) is 22.5 Å². The molecule has 0 saturated heterocycles. The molecule has 0 aliphatic heterocycles. The Bertz CT molecular complexity index is 1030. The molecule has 26 heavy (non-hydrogen) atoms. The van der Waals surface area contributed by atoms with Gasteiger partial charge in [0.2, 0.25) is 0 Å². The van der Waals surface area contributed by atoms with Crippen molar-refractivity contribution in [2.75, 3.05) is 0 Å². The Balaban J connectivity index is 1.61. The van der Waals surface area contributed by atoms with E-state index in [1.165, 1.54) is 0 Å². The van der Waals surface area contributed by atoms with Crippen molar-refractivity contribution in [1.82, 2.24) is 9.97 Å². The summed E-state index contributed by atoms with van der Waals surface area (Å²) in [6, 6.07) is 30.4. The van der Waals surface area contributed by atoms with E-state index in [1.807, 2.05) is 73.2 Å². The van der Waals surface area contributed by atoms with E-state index in [9.17, 15) is 0 Å². The summed E-state index contributed by atoms with van der Waals surface area (Å²) in [5.74, 6) is 0. The molecular formula is C23H16BrN2. The molecule has 0 bridgehead atoms. The summed E-state index contributed by atoms with van der Waals surface area (Å²) in [6.07, 6.45) is 2.01. The summed E-state index contributed by atoms with van der Waals surface area (Å²) in [6.45, 7) is 0. The molecule has 4 aromatic rings. The Morgan fingerprint density at radius 3 is 1.81 bits per heavy atom. The van der Waals surface area contributed by atoms with Crippen LogP contribution in [-0.2, 0) is 0 Å². The molecule has 0 N–H and O–H groups in total. The number of rotatable bonds is 4. The van der Waals surface area contributed by atoms with Crippen LogP contribution in [0.1, 0.15) is 11.4 Å². The molecule has 0 spiro atoms. The highest BCUT2D eigenvalue weighted by molar-refractivity contribution is 9.10. The van der Waals surface area contributed by atoms with Gasteiger partial charge in [-0.2, -0.15) is 0 Å². The normalized spacial score (nSPS) is 10.7. The molecule has 2 heterocycles. The SMILES string of the molecule is Brc1cccc(-c2cccc([CH]c3cccc(-c4ccccc4)n3)n2)c1. The predicted molar refractivity (Wildman–Crippen MR) is 110 cm³/mol. The van der Waals surface area contributed by atoms with Crippen LogP contribution >= 0.6 is 15.9 Å². The highest BCUT2D eigenvalue weighted by Gasteiger charge is 2.06. The molecule has 0 aliphatic rings. The standard InChI is InChI=1S/C23H16BrN2/c24-19-10-4-9-18(15-19)23-14-6-12-21(26-23)16-20-11-5-13-22(25-20)17-7-2-1-3-8-17/h1-16H. The molecular weight excluding hydrogens is 384 g/mol. The van der Waals surface area contributed by atoms with Crippen molar-refractivity contribution < 1.29 is 0 Å². The van der Waals surface area contributed by atoms with Crippen LogP contribution in [0.4, 0.5) is 0 Å². The van der Waals surface area contributed by atoms with Gasteiger partial charge in [0.15, 0.2) is 0 Å². The molecule has 125 valence electrons. The van der Waals surface area contributed by atoms with E-state index < -0.39 is 0 Å². The molecule has 0 unspecified atom stereocenters. The number of halogens is 1. The maximum atomic E-state index is 4.77. The van der Waals surface area contributed by atoms with Crippen LogP contribution in [0, 0.1) is 6.42 Å². The topological polar surface area (TPSA) is 25.8 Å². The lowest BCUT2D eigenvalue weighted by Gasteiger charge is -2.07. The second-order valence-corrected chi connectivity index (χ2v) is 6.83. The molecule has 4 rings (SSSR count). The minimum atomic E-state index is 0.889. The third kappa shape index (κ3) is 3.89. The second-order valence-electron chi connectivity index (χ2n) is 5.92. The van der Waals surface area contributed by atoms with Crippen LogP contribution in [0.15, 0.2) is 95.5 Å². The van der Waals surface area contributed by atoms with Crippen LogP contribution in [0.2, 0.25) is 0 Å². The Morgan fingerprint density at radius 1 is 0.577 bits per heavy atom. The molecule has 1 radical (unpaired) electrons. The summed E-state index contributed by atoms with van der Waals surface area (Å²) in [7, 11) is 0. The Morgan fingerprint density at radius 2 is 1.15 bits per heavy atom. The fourth-order valence-electron chi connectivity index (χ4n) is 2.79. The Kier molecular flexibility index (Phi) is 4.89. The zero-order valence-corrected chi connectivity index (χ0v) is 15.6. The lowest BCUT2D eigenvalue weighted by atomic mass is 10.1. The number of benzene rings is 2. The van der Waals surface area contributed by atoms with E-state index in [4.69, 9.17) is 9.97 Å². The molecule has 0 saturated carbocycles. The molecule has 0 amide bonds. The summed E-state index contributed by atoms with van der Waals surface area (Å²) in [5.41, 5.74) is 5.88. The van der Waals surface area contributed by atoms with Gasteiger partial charge in [0, 0.05) is 15.6 Å². The monoisotopic (exact) mass is 399 g/mol. The van der Waals surface area contributed by atoms with E-state index in [-0.39, 0.29) is 0 Å². The van der Waals surface area contributed by atoms with Gasteiger partial charge in [-0.25, -0.2) is 0 Å². The van der Waals surface area contributed by atoms with Crippen molar-refractivity contribution in [2.45, 2.75) is 0 Å². The van der Waals surface area contributed by atoms with E-state index in [1.54, 1.807) is 0 Å². The molecule has 2 aromatic carbocycles. The van der Waals surface area contributed by atoms with E-state index in [2.05, 4.69) is 40.2 Å². The largest absolute Gasteiger partial charge is 0.252 e. The van der Waals surface area contributed by atoms with Crippen molar-refractivity contribution in [3.05, 3.63) is 113 Å². The molecule has 3 heteroatoms. The van der Waals surface area contributed by atoms with Gasteiger partial charge in [0.05, 0.1) is 29.2 Å². The number of nitrogens with zero attached hydrogens (tertiary/aromatic N) is 2. The first-order chi connectivity index (χ1) is 12.8. The van der Waals surface area contributed by atoms with Gasteiger partial charge in [-0.15, -0.1) is 0 Å². The van der Waals surface area contributed by atoms with Gasteiger partial charge in [-0.05, 0) is 36.4 Å². The third-order valence-electron chi connectivity index (χ3n) is 4.03. The first-order valence-electron chi connectivity index (χ1n) is 8.38. The molecule has 0 aliphatic carbocycles. The number of hydrogen-bond donors (Lipinski definition) is 0. The van der Waals surface area contributed by atoms with Crippen LogP contribution < -0.4 is 0 Å². The van der Waals surface area contributed by atoms with Gasteiger partial charge in [-0.3, -0.25) is 9.97 Å². The Hall–Kier alpha value is -2.78. The quantitative estimate of drug-likeness (QED) is 0.409. The Labute approximate surface area is 161 Å². The summed E-state index contributed by atoms with van der Waals surface area (Å²) < 4.78 is 1.04. The van der Waals surface area contributed by atoms with Gasteiger partial charge >= 0.3 is 0 Å². The molecule has 2 aromatic heterocycles. The summed E-state index contributed by atoms with van der Waals surface area (Å²) in [4.78, 5) is 9.52. The highest BCUT2D eigenvalue weighted by Crippen LogP contribution is 2.23. The maximum Gasteiger partial charge on any atom is 0.0705 e. The number of aromatic nitrogens is 2. The average Bonchev–Trinajstić information content (AvgIpc) is 2.69. The van der Waals surface area contributed by atoms with Crippen LogP contribution in [0.25, 0.3) is 22.5 Å². The maximum absolute atomic E-state index is 4.77. The minimum absolute atomic E-state index is 0.889. The zero-order valence-electron chi connectivity index (χ0n) is 14.0. The number of hydrogen-bond acceptors (Lipinski definition) is 2. The van der Waals surface area contributed by atoms with Gasteiger partial charge < -0.3 is 0 Å². The fraction of sp³-hybridized carbons (Fsp3) is 0. The van der Waals surface area contributed by atoms with Gasteiger partial charge in [0.25, 0.3) is 0 Å². The highest BCUT2D eigenvalue weighted by atomic mass is 79.9. The van der Waals surface area contributed by atoms with Crippen LogP contribution in [0.3, 0.4) is 0 Å². The molecule has 2 nitrogen and oxygen atoms in total. The van der Waals surface area contributed by atoms with Crippen LogP contribution in [-0.4, -0.2) is 9.97 Å². The summed E-state index contributed by atoms with van der Waals surface area (Å²) >= 11 is 3.52. The van der Waals surface area contributed by atoms with Crippen molar-refractivity contribution >= 4 is 15.9 Å². The predicted octanol–water partition coefficient (Wildman–Crippen LogP) is 6.17. The lowest BCUT2D eigenvalue weighted by Crippen LogP contribution is -1.95. The summed E-state index contributed by atoms with van der Waals surface area (Å²) in [5, 5.41) is 0. The molecule has 0 fully saturated rings. The van der Waals surface area contributed by atoms with Crippen molar-refractivity contribution in [3.63, 3.8) is 0 Å². The second kappa shape index (κ2) is 7.63. The van der Waals surface area contributed by atoms with E-state index >= 15 is 0 Å². The lowest BCUT2D eigenvalue weighted by molar-refractivity contribution is 1.16. The first-order valence-corrected chi connectivity index (χ1v) is 9.17. The zero-order chi connectivity index (χ0) is 17.8. The third-order valence-corrected chi connectivity index (χ3v) is 4.52. The first kappa shape index (κ1) is 16.7. The van der Waals surface area contributed by atoms with Gasteiger partial charge in [0.1, 0.15) is 0 Å². The van der Waals surface area contributed by atoms with E-state index in [0.29, 0.717) is 0 Å². The van der Waals surface area contributed by atoms with E-state index in [0.717, 1.165) is 38.4 Å². The fourth-order valence-corrected chi connectivity index (χ4v) is 3.19.